The van der Waals surface area contributed by atoms with Crippen LogP contribution in [0.15, 0.2) is 0 Å². The summed E-state index contributed by atoms with van der Waals surface area (Å²) in [6, 6.07) is 0. The Kier molecular flexibility index (Phi) is 5.70. The van der Waals surface area contributed by atoms with E-state index < -0.39 is 43.5 Å². The maximum Gasteiger partial charge on any atom is 0.200 e. The van der Waals surface area contributed by atoms with Gasteiger partial charge < -0.3 is 20.4 Å². The number of Topliss-reactive ketones (excluding diaryl/α,β-unsaturated/α-hetero) is 1. The highest BCUT2D eigenvalue weighted by Crippen LogP contribution is 2.09. The number of halogens is 2. The summed E-state index contributed by atoms with van der Waals surface area (Å²) in [5.74, 6) is -1.53. The second-order valence-electron chi connectivity index (χ2n) is 2.73. The first kappa shape index (κ1) is 13.4. The van der Waals surface area contributed by atoms with Crippen molar-refractivity contribution in [1.29, 1.82) is 0 Å². The molecule has 0 spiro atoms. The predicted octanol–water partition coefficient (Wildman–Crippen LogP) is -2.06. The quantitative estimate of drug-likeness (QED) is 0.407. The van der Waals surface area contributed by atoms with Crippen LogP contribution >= 0.6 is 0 Å². The van der Waals surface area contributed by atoms with E-state index in [9.17, 15) is 13.6 Å². The highest BCUT2D eigenvalue weighted by atomic mass is 19.1. The maximum atomic E-state index is 12.7. The third-order valence-electron chi connectivity index (χ3n) is 1.67. The Morgan fingerprint density at radius 3 is 2.07 bits per heavy atom. The van der Waals surface area contributed by atoms with Crippen molar-refractivity contribution in [3.63, 3.8) is 0 Å². The van der Waals surface area contributed by atoms with E-state index in [4.69, 9.17) is 20.4 Å². The van der Waals surface area contributed by atoms with Gasteiger partial charge in [0, 0.05) is 0 Å². The number of hydrogen-bond donors (Lipinski definition) is 4. The molecule has 4 atom stereocenters. The second-order valence-corrected chi connectivity index (χ2v) is 2.73. The van der Waals surface area contributed by atoms with Crippen molar-refractivity contribution in [1.82, 2.24) is 0 Å². The summed E-state index contributed by atoms with van der Waals surface area (Å²) in [6.07, 6.45) is -8.68. The van der Waals surface area contributed by atoms with Gasteiger partial charge >= 0.3 is 0 Å². The maximum absolute atomic E-state index is 12.7. The minimum atomic E-state index is -2.61. The fourth-order valence-corrected chi connectivity index (χ4v) is 0.773. The molecular weight excluding hydrogens is 202 g/mol. The average molecular weight is 214 g/mol. The number of alkyl halides is 2. The van der Waals surface area contributed by atoms with Gasteiger partial charge in [0.05, 0.1) is 6.61 Å². The Bertz CT molecular complexity index is 189. The van der Waals surface area contributed by atoms with Crippen LogP contribution in [0.3, 0.4) is 0 Å². The molecule has 84 valence electrons. The predicted molar refractivity (Wildman–Crippen MR) is 41.0 cm³/mol. The van der Waals surface area contributed by atoms with Gasteiger partial charge in [0.25, 0.3) is 0 Å². The van der Waals surface area contributed by atoms with Crippen LogP contribution in [0.5, 0.6) is 0 Å². The van der Waals surface area contributed by atoms with Crippen molar-refractivity contribution in [3.05, 3.63) is 0 Å². The van der Waals surface area contributed by atoms with Gasteiger partial charge in [0.1, 0.15) is 18.3 Å². The zero-order chi connectivity index (χ0) is 11.3. The SMILES string of the molecule is O=C(CF)[C@H](F)[C@@H](O)[C@H](O)[C@H](O)CO. The molecule has 0 saturated carbocycles. The molecule has 0 rings (SSSR count). The largest absolute Gasteiger partial charge is 0.394 e. The van der Waals surface area contributed by atoms with Gasteiger partial charge in [-0.05, 0) is 0 Å². The minimum Gasteiger partial charge on any atom is -0.394 e. The van der Waals surface area contributed by atoms with Gasteiger partial charge in [0.15, 0.2) is 12.8 Å². The molecule has 0 fully saturated rings. The molecule has 0 aromatic heterocycles. The zero-order valence-electron chi connectivity index (χ0n) is 7.18. The molecule has 0 unspecified atom stereocenters. The summed E-state index contributed by atoms with van der Waals surface area (Å²) in [7, 11) is 0. The third-order valence-corrected chi connectivity index (χ3v) is 1.67. The van der Waals surface area contributed by atoms with Gasteiger partial charge in [0.2, 0.25) is 5.78 Å². The Balaban J connectivity index is 4.30. The molecular formula is C7H12F2O5. The summed E-state index contributed by atoms with van der Waals surface area (Å²) < 4.78 is 24.4. The Morgan fingerprint density at radius 2 is 1.71 bits per heavy atom. The van der Waals surface area contributed by atoms with Crippen LogP contribution in [-0.2, 0) is 4.79 Å². The molecule has 0 heterocycles. The number of carbonyl (C=O) groups is 1. The number of aliphatic hydroxyl groups excluding tert-OH is 4. The topological polar surface area (TPSA) is 98.0 Å². The monoisotopic (exact) mass is 214 g/mol. The summed E-state index contributed by atoms with van der Waals surface area (Å²) in [5, 5.41) is 34.9. The lowest BCUT2D eigenvalue weighted by molar-refractivity contribution is -0.138. The van der Waals surface area contributed by atoms with Gasteiger partial charge in [-0.15, -0.1) is 0 Å². The van der Waals surface area contributed by atoms with E-state index in [0.717, 1.165) is 0 Å². The van der Waals surface area contributed by atoms with Crippen molar-refractivity contribution in [2.75, 3.05) is 13.3 Å². The molecule has 4 N–H and O–H groups in total. The Hall–Kier alpha value is -0.630. The molecule has 0 aromatic rings. The molecule has 7 heteroatoms. The van der Waals surface area contributed by atoms with Crippen molar-refractivity contribution < 1.29 is 34.0 Å². The summed E-state index contributed by atoms with van der Waals surface area (Å²) >= 11 is 0. The normalized spacial score (nSPS) is 19.9. The standard InChI is InChI=1S/C7H12F2O5/c8-1-3(11)5(9)7(14)6(13)4(12)2-10/h4-7,10,12-14H,1-2H2/t4-,5+,6-,7-/m1/s1. The number of aliphatic hydroxyl groups is 4. The van der Waals surface area contributed by atoms with E-state index in [1.54, 1.807) is 0 Å². The van der Waals surface area contributed by atoms with Gasteiger partial charge in [-0.25, -0.2) is 8.78 Å². The lowest BCUT2D eigenvalue weighted by atomic mass is 10.0. The lowest BCUT2D eigenvalue weighted by Gasteiger charge is -2.22. The first-order valence-corrected chi connectivity index (χ1v) is 3.83. The van der Waals surface area contributed by atoms with E-state index in [1.165, 1.54) is 0 Å². The molecule has 0 saturated heterocycles. The van der Waals surface area contributed by atoms with E-state index >= 15 is 0 Å². The van der Waals surface area contributed by atoms with Crippen LogP contribution in [-0.4, -0.2) is 64.0 Å². The first-order valence-electron chi connectivity index (χ1n) is 3.83. The van der Waals surface area contributed by atoms with E-state index in [1.807, 2.05) is 0 Å². The van der Waals surface area contributed by atoms with E-state index in [2.05, 4.69) is 0 Å². The van der Waals surface area contributed by atoms with E-state index in [0.29, 0.717) is 0 Å². The molecule has 0 aromatic carbocycles. The fraction of sp³-hybridized carbons (Fsp3) is 0.857. The van der Waals surface area contributed by atoms with E-state index in [-0.39, 0.29) is 0 Å². The van der Waals surface area contributed by atoms with Crippen LogP contribution in [0.4, 0.5) is 8.78 Å². The molecule has 14 heavy (non-hydrogen) atoms. The minimum absolute atomic E-state index is 0.908. The Morgan fingerprint density at radius 1 is 1.21 bits per heavy atom. The number of hydrogen-bond acceptors (Lipinski definition) is 5. The van der Waals surface area contributed by atoms with Gasteiger partial charge in [-0.1, -0.05) is 0 Å². The smallest absolute Gasteiger partial charge is 0.200 e. The number of ketones is 1. The second kappa shape index (κ2) is 5.97. The Labute approximate surface area is 78.6 Å². The van der Waals surface area contributed by atoms with Crippen molar-refractivity contribution >= 4 is 5.78 Å². The third kappa shape index (κ3) is 3.26. The lowest BCUT2D eigenvalue weighted by Crippen LogP contribution is -2.47. The van der Waals surface area contributed by atoms with Crippen molar-refractivity contribution in [2.45, 2.75) is 24.5 Å². The molecule has 0 amide bonds. The van der Waals surface area contributed by atoms with Crippen LogP contribution < -0.4 is 0 Å². The molecule has 0 radical (unpaired) electrons. The van der Waals surface area contributed by atoms with Crippen molar-refractivity contribution in [3.8, 4) is 0 Å². The fourth-order valence-electron chi connectivity index (χ4n) is 0.773. The first-order chi connectivity index (χ1) is 6.45. The summed E-state index contributed by atoms with van der Waals surface area (Å²) in [5.41, 5.74) is 0. The van der Waals surface area contributed by atoms with Crippen LogP contribution in [0, 0.1) is 0 Å². The summed E-state index contributed by atoms with van der Waals surface area (Å²) in [6.45, 7) is -2.52. The highest BCUT2D eigenvalue weighted by molar-refractivity contribution is 5.84. The van der Waals surface area contributed by atoms with Crippen LogP contribution in [0.1, 0.15) is 0 Å². The molecule has 0 aliphatic rings. The van der Waals surface area contributed by atoms with Gasteiger partial charge in [-0.3, -0.25) is 4.79 Å². The number of carbonyl (C=O) groups excluding carboxylic acids is 1. The summed E-state index contributed by atoms with van der Waals surface area (Å²) in [4.78, 5) is 10.4. The van der Waals surface area contributed by atoms with Gasteiger partial charge in [-0.2, -0.15) is 0 Å². The molecule has 0 aliphatic carbocycles. The molecule has 0 aliphatic heterocycles. The molecule has 5 nitrogen and oxygen atoms in total. The average Bonchev–Trinajstić information content (AvgIpc) is 2.23. The van der Waals surface area contributed by atoms with Crippen LogP contribution in [0.2, 0.25) is 0 Å². The van der Waals surface area contributed by atoms with Crippen LogP contribution in [0.25, 0.3) is 0 Å². The zero-order valence-corrected chi connectivity index (χ0v) is 7.18. The van der Waals surface area contributed by atoms with Crippen molar-refractivity contribution in [2.24, 2.45) is 0 Å². The highest BCUT2D eigenvalue weighted by Gasteiger charge is 2.35. The molecule has 0 bridgehead atoms. The number of rotatable bonds is 6.